The second kappa shape index (κ2) is 8.21. The number of hydrogen-bond donors (Lipinski definition) is 0. The van der Waals surface area contributed by atoms with Gasteiger partial charge in [0.1, 0.15) is 0 Å². The Hall–Kier alpha value is -2.27. The van der Waals surface area contributed by atoms with E-state index in [-0.39, 0.29) is 11.9 Å². The molecule has 1 aromatic heterocycles. The Morgan fingerprint density at radius 2 is 2.04 bits per heavy atom. The normalized spacial score (nSPS) is 17.2. The maximum absolute atomic E-state index is 12.7. The third kappa shape index (κ3) is 4.63. The first-order valence-electron chi connectivity index (χ1n) is 8.93. The van der Waals surface area contributed by atoms with E-state index in [0.717, 1.165) is 43.9 Å². The van der Waals surface area contributed by atoms with Crippen molar-refractivity contribution in [2.75, 3.05) is 20.6 Å². The minimum absolute atomic E-state index is 0.0189. The smallest absolute Gasteiger partial charge is 0.223 e. The lowest BCUT2D eigenvalue weighted by atomic mass is 10.1. The van der Waals surface area contributed by atoms with E-state index in [4.69, 9.17) is 4.98 Å². The third-order valence-corrected chi connectivity index (χ3v) is 4.55. The molecule has 0 radical (unpaired) electrons. The molecule has 2 aromatic rings. The van der Waals surface area contributed by atoms with E-state index in [2.05, 4.69) is 22.0 Å². The van der Waals surface area contributed by atoms with Crippen LogP contribution in [0.5, 0.6) is 0 Å². The highest BCUT2D eigenvalue weighted by atomic mass is 16.2. The number of benzene rings is 1. The fraction of sp³-hybridized carbons (Fsp3) is 0.450. The van der Waals surface area contributed by atoms with Crippen LogP contribution in [0.2, 0.25) is 0 Å². The molecule has 1 aromatic carbocycles. The Morgan fingerprint density at radius 3 is 2.80 bits per heavy atom. The summed E-state index contributed by atoms with van der Waals surface area (Å²) in [5, 5.41) is 0. The van der Waals surface area contributed by atoms with Crippen molar-refractivity contribution in [2.24, 2.45) is 0 Å². The van der Waals surface area contributed by atoms with Gasteiger partial charge in [0.05, 0.1) is 11.7 Å². The van der Waals surface area contributed by atoms with Crippen molar-refractivity contribution in [1.82, 2.24) is 19.8 Å². The van der Waals surface area contributed by atoms with Crippen molar-refractivity contribution in [3.05, 3.63) is 59.7 Å². The zero-order valence-electron chi connectivity index (χ0n) is 15.1. The summed E-state index contributed by atoms with van der Waals surface area (Å²) in [7, 11) is 4.05. The molecular weight excluding hydrogens is 312 g/mol. The molecular formula is C20H26N4O. The predicted molar refractivity (Wildman–Crippen MR) is 97.9 cm³/mol. The first-order chi connectivity index (χ1) is 12.1. The highest BCUT2D eigenvalue weighted by Crippen LogP contribution is 2.30. The summed E-state index contributed by atoms with van der Waals surface area (Å²) in [6.07, 6.45) is 5.10. The highest BCUT2D eigenvalue weighted by molar-refractivity contribution is 5.77. The molecule has 1 aliphatic rings. The van der Waals surface area contributed by atoms with Crippen LogP contribution in [-0.2, 0) is 17.8 Å². The maximum Gasteiger partial charge on any atom is 0.223 e. The van der Waals surface area contributed by atoms with Crippen molar-refractivity contribution in [3.63, 3.8) is 0 Å². The number of nitrogens with zero attached hydrogens (tertiary/aromatic N) is 4. The molecule has 2 heterocycles. The predicted octanol–water partition coefficient (Wildman–Crippen LogP) is 2.83. The van der Waals surface area contributed by atoms with Gasteiger partial charge in [-0.1, -0.05) is 30.3 Å². The number of carbonyl (C=O) groups excluding carboxylic acids is 1. The van der Waals surface area contributed by atoms with Gasteiger partial charge in [-0.05, 0) is 45.0 Å². The third-order valence-electron chi connectivity index (χ3n) is 4.55. The molecule has 25 heavy (non-hydrogen) atoms. The summed E-state index contributed by atoms with van der Waals surface area (Å²) in [5.74, 6) is 0.984. The molecule has 0 aliphatic carbocycles. The van der Waals surface area contributed by atoms with Crippen molar-refractivity contribution in [3.8, 4) is 0 Å². The van der Waals surface area contributed by atoms with Crippen LogP contribution in [0.15, 0.2) is 42.6 Å². The standard InChI is InChI=1S/C20H26N4O/c1-23(2)15-17-12-13-21-20(22-17)18-9-6-14-24(18)19(25)11-10-16-7-4-3-5-8-16/h3-5,7-8,12-13,18H,6,9-11,14-15H2,1-2H3. The van der Waals surface area contributed by atoms with Gasteiger partial charge in [-0.3, -0.25) is 4.79 Å². The maximum atomic E-state index is 12.7. The number of amides is 1. The highest BCUT2D eigenvalue weighted by Gasteiger charge is 2.31. The van der Waals surface area contributed by atoms with Gasteiger partial charge in [0.2, 0.25) is 5.91 Å². The fourth-order valence-corrected chi connectivity index (χ4v) is 3.36. The van der Waals surface area contributed by atoms with E-state index in [9.17, 15) is 4.79 Å². The first-order valence-corrected chi connectivity index (χ1v) is 8.93. The van der Waals surface area contributed by atoms with Gasteiger partial charge in [-0.15, -0.1) is 0 Å². The molecule has 132 valence electrons. The molecule has 0 N–H and O–H groups in total. The molecule has 1 fully saturated rings. The quantitative estimate of drug-likeness (QED) is 0.813. The molecule has 3 rings (SSSR count). The number of rotatable bonds is 6. The van der Waals surface area contributed by atoms with Crippen LogP contribution in [0.25, 0.3) is 0 Å². The first kappa shape index (κ1) is 17.5. The van der Waals surface area contributed by atoms with Crippen LogP contribution >= 0.6 is 0 Å². The van der Waals surface area contributed by atoms with E-state index < -0.39 is 0 Å². The van der Waals surface area contributed by atoms with Gasteiger partial charge in [-0.25, -0.2) is 9.97 Å². The van der Waals surface area contributed by atoms with Gasteiger partial charge >= 0.3 is 0 Å². The second-order valence-electron chi connectivity index (χ2n) is 6.87. The molecule has 1 unspecified atom stereocenters. The molecule has 5 heteroatoms. The number of carbonyl (C=O) groups is 1. The number of aromatic nitrogens is 2. The Labute approximate surface area is 149 Å². The van der Waals surface area contributed by atoms with Crippen LogP contribution in [0.3, 0.4) is 0 Å². The summed E-state index contributed by atoms with van der Waals surface area (Å²) in [6.45, 7) is 1.59. The monoisotopic (exact) mass is 338 g/mol. The lowest BCUT2D eigenvalue weighted by molar-refractivity contribution is -0.132. The van der Waals surface area contributed by atoms with Crippen molar-refractivity contribution < 1.29 is 4.79 Å². The summed E-state index contributed by atoms with van der Waals surface area (Å²) in [4.78, 5) is 25.9. The van der Waals surface area contributed by atoms with Gasteiger partial charge < -0.3 is 9.80 Å². The molecule has 0 spiro atoms. The zero-order valence-corrected chi connectivity index (χ0v) is 15.1. The summed E-state index contributed by atoms with van der Waals surface area (Å²) in [5.41, 5.74) is 2.20. The molecule has 5 nitrogen and oxygen atoms in total. The van der Waals surface area contributed by atoms with E-state index in [1.165, 1.54) is 5.56 Å². The molecule has 1 atom stereocenters. The topological polar surface area (TPSA) is 49.3 Å². The van der Waals surface area contributed by atoms with E-state index in [1.807, 2.05) is 49.5 Å². The minimum atomic E-state index is 0.0189. The van der Waals surface area contributed by atoms with Gasteiger partial charge in [0, 0.05) is 25.7 Å². The van der Waals surface area contributed by atoms with Gasteiger partial charge in [0.25, 0.3) is 0 Å². The lowest BCUT2D eigenvalue weighted by Gasteiger charge is -2.24. The Bertz CT molecular complexity index is 702. The van der Waals surface area contributed by atoms with Crippen LogP contribution in [0, 0.1) is 0 Å². The summed E-state index contributed by atoms with van der Waals surface area (Å²) >= 11 is 0. The van der Waals surface area contributed by atoms with Crippen molar-refractivity contribution in [1.29, 1.82) is 0 Å². The average Bonchev–Trinajstić information content (AvgIpc) is 3.10. The minimum Gasteiger partial charge on any atom is -0.332 e. The number of aryl methyl sites for hydroxylation is 1. The van der Waals surface area contributed by atoms with Crippen molar-refractivity contribution in [2.45, 2.75) is 38.3 Å². The van der Waals surface area contributed by atoms with Crippen molar-refractivity contribution >= 4 is 5.91 Å². The Morgan fingerprint density at radius 1 is 1.24 bits per heavy atom. The van der Waals surface area contributed by atoms with E-state index in [0.29, 0.717) is 6.42 Å². The van der Waals surface area contributed by atoms with Crippen LogP contribution in [0.4, 0.5) is 0 Å². The molecule has 0 bridgehead atoms. The van der Waals surface area contributed by atoms with Crippen LogP contribution < -0.4 is 0 Å². The fourth-order valence-electron chi connectivity index (χ4n) is 3.36. The lowest BCUT2D eigenvalue weighted by Crippen LogP contribution is -2.31. The SMILES string of the molecule is CN(C)Cc1ccnc(C2CCCN2C(=O)CCc2ccccc2)n1. The molecule has 1 amide bonds. The van der Waals surface area contributed by atoms with Gasteiger partial charge in [-0.2, -0.15) is 0 Å². The summed E-state index contributed by atoms with van der Waals surface area (Å²) < 4.78 is 0. The second-order valence-corrected chi connectivity index (χ2v) is 6.87. The largest absolute Gasteiger partial charge is 0.332 e. The van der Waals surface area contributed by atoms with Gasteiger partial charge in [0.15, 0.2) is 5.82 Å². The number of likely N-dealkylation sites (tertiary alicyclic amines) is 1. The Kier molecular flexibility index (Phi) is 5.76. The van der Waals surface area contributed by atoms with E-state index in [1.54, 1.807) is 0 Å². The van der Waals surface area contributed by atoms with Crippen LogP contribution in [-0.4, -0.2) is 46.3 Å². The average molecular weight is 338 g/mol. The van der Waals surface area contributed by atoms with Crippen LogP contribution in [0.1, 0.15) is 42.4 Å². The summed E-state index contributed by atoms with van der Waals surface area (Å²) in [6, 6.07) is 12.1. The Balaban J connectivity index is 1.66. The zero-order chi connectivity index (χ0) is 17.6. The molecule has 1 aliphatic heterocycles. The van der Waals surface area contributed by atoms with E-state index >= 15 is 0 Å². The molecule has 1 saturated heterocycles. The molecule has 0 saturated carbocycles. The number of hydrogen-bond acceptors (Lipinski definition) is 4.